The first kappa shape index (κ1) is 19.6. The Kier molecular flexibility index (Phi) is 6.69. The third-order valence-corrected chi connectivity index (χ3v) is 5.20. The summed E-state index contributed by atoms with van der Waals surface area (Å²) in [7, 11) is 7.55. The molecule has 1 fully saturated rings. The van der Waals surface area contributed by atoms with Crippen molar-refractivity contribution in [2.75, 3.05) is 34.9 Å². The van der Waals surface area contributed by atoms with E-state index in [9.17, 15) is 0 Å². The van der Waals surface area contributed by atoms with E-state index in [0.717, 1.165) is 36.8 Å². The Bertz CT molecular complexity index is 731. The van der Waals surface area contributed by atoms with Crippen LogP contribution in [-0.4, -0.2) is 49.6 Å². The van der Waals surface area contributed by atoms with Gasteiger partial charge in [0.25, 0.3) is 0 Å². The number of ether oxygens (including phenoxy) is 2. The van der Waals surface area contributed by atoms with E-state index in [1.807, 2.05) is 6.07 Å². The lowest BCUT2D eigenvalue weighted by Gasteiger charge is -2.36. The van der Waals surface area contributed by atoms with Gasteiger partial charge >= 0.3 is 0 Å². The maximum atomic E-state index is 5.58. The first-order valence-electron chi connectivity index (χ1n) is 9.66. The SMILES string of the molecule is COc1ccnc(CN2CCCC[C@@H]2c2ccc(CN(C)C)cc2)c1OC. The average molecular weight is 370 g/mol. The molecule has 27 heavy (non-hydrogen) atoms. The van der Waals surface area contributed by atoms with E-state index in [4.69, 9.17) is 9.47 Å². The fourth-order valence-electron chi connectivity index (χ4n) is 3.92. The number of nitrogens with zero attached hydrogens (tertiary/aromatic N) is 3. The fraction of sp³-hybridized carbons (Fsp3) is 0.500. The zero-order valence-electron chi connectivity index (χ0n) is 16.9. The summed E-state index contributed by atoms with van der Waals surface area (Å²) in [5, 5.41) is 0. The highest BCUT2D eigenvalue weighted by molar-refractivity contribution is 5.42. The molecule has 0 bridgehead atoms. The van der Waals surface area contributed by atoms with Crippen molar-refractivity contribution in [1.29, 1.82) is 0 Å². The second-order valence-electron chi connectivity index (χ2n) is 7.45. The number of benzene rings is 1. The summed E-state index contributed by atoms with van der Waals surface area (Å²) in [5.74, 6) is 1.48. The van der Waals surface area contributed by atoms with Crippen molar-refractivity contribution in [3.8, 4) is 11.5 Å². The minimum Gasteiger partial charge on any atom is -0.493 e. The summed E-state index contributed by atoms with van der Waals surface area (Å²) in [6.45, 7) is 2.82. The normalized spacial score (nSPS) is 17.9. The third kappa shape index (κ3) is 4.79. The molecule has 1 aliphatic heterocycles. The van der Waals surface area contributed by atoms with Gasteiger partial charge in [-0.1, -0.05) is 30.7 Å². The minimum atomic E-state index is 0.421. The Morgan fingerprint density at radius 2 is 1.85 bits per heavy atom. The standard InChI is InChI=1S/C22H31N3O2/c1-24(2)15-17-8-10-18(11-9-17)20-7-5-6-14-25(20)16-19-22(27-4)21(26-3)12-13-23-19/h8-13,20H,5-7,14-16H2,1-4H3/t20-/m1/s1. The van der Waals surface area contributed by atoms with Crippen molar-refractivity contribution >= 4 is 0 Å². The number of methoxy groups -OCH3 is 2. The van der Waals surface area contributed by atoms with Crippen LogP contribution in [-0.2, 0) is 13.1 Å². The van der Waals surface area contributed by atoms with Crippen molar-refractivity contribution in [2.45, 2.75) is 38.4 Å². The van der Waals surface area contributed by atoms with Gasteiger partial charge in [-0.15, -0.1) is 0 Å². The second kappa shape index (κ2) is 9.20. The van der Waals surface area contributed by atoms with Crippen LogP contribution in [0.4, 0.5) is 0 Å². The summed E-state index contributed by atoms with van der Waals surface area (Å²) in [5.41, 5.74) is 3.68. The van der Waals surface area contributed by atoms with Gasteiger partial charge < -0.3 is 14.4 Å². The lowest BCUT2D eigenvalue weighted by molar-refractivity contribution is 0.137. The molecule has 0 radical (unpaired) electrons. The Morgan fingerprint density at radius 3 is 2.52 bits per heavy atom. The molecule has 0 amide bonds. The van der Waals surface area contributed by atoms with Gasteiger partial charge in [0.1, 0.15) is 5.69 Å². The molecule has 0 unspecified atom stereocenters. The van der Waals surface area contributed by atoms with Gasteiger partial charge in [0, 0.05) is 31.4 Å². The molecule has 1 saturated heterocycles. The Labute approximate surface area is 162 Å². The van der Waals surface area contributed by atoms with Crippen molar-refractivity contribution in [1.82, 2.24) is 14.8 Å². The van der Waals surface area contributed by atoms with Gasteiger partial charge in [0.05, 0.1) is 14.2 Å². The lowest BCUT2D eigenvalue weighted by Crippen LogP contribution is -2.33. The van der Waals surface area contributed by atoms with Crippen LogP contribution in [0.1, 0.15) is 42.1 Å². The average Bonchev–Trinajstić information content (AvgIpc) is 2.68. The van der Waals surface area contributed by atoms with E-state index in [-0.39, 0.29) is 0 Å². The molecule has 5 heteroatoms. The molecular formula is C22H31N3O2. The highest BCUT2D eigenvalue weighted by Gasteiger charge is 2.26. The smallest absolute Gasteiger partial charge is 0.183 e. The number of piperidine rings is 1. The Hall–Kier alpha value is -2.11. The Morgan fingerprint density at radius 1 is 1.07 bits per heavy atom. The van der Waals surface area contributed by atoms with Crippen LogP contribution in [0.5, 0.6) is 11.5 Å². The highest BCUT2D eigenvalue weighted by atomic mass is 16.5. The molecule has 1 aromatic heterocycles. The monoisotopic (exact) mass is 369 g/mol. The zero-order chi connectivity index (χ0) is 19.2. The maximum Gasteiger partial charge on any atom is 0.183 e. The van der Waals surface area contributed by atoms with Crippen LogP contribution >= 0.6 is 0 Å². The van der Waals surface area contributed by atoms with Crippen molar-refractivity contribution in [3.05, 3.63) is 53.3 Å². The largest absolute Gasteiger partial charge is 0.493 e. The van der Waals surface area contributed by atoms with Crippen LogP contribution in [0.3, 0.4) is 0 Å². The molecule has 5 nitrogen and oxygen atoms in total. The van der Waals surface area contributed by atoms with Crippen LogP contribution in [0, 0.1) is 0 Å². The van der Waals surface area contributed by atoms with Gasteiger partial charge in [-0.25, -0.2) is 0 Å². The number of hydrogen-bond donors (Lipinski definition) is 0. The van der Waals surface area contributed by atoms with E-state index in [1.54, 1.807) is 20.4 Å². The lowest BCUT2D eigenvalue weighted by atomic mass is 9.94. The molecule has 0 saturated carbocycles. The summed E-state index contributed by atoms with van der Waals surface area (Å²) in [6, 6.07) is 11.4. The number of hydrogen-bond acceptors (Lipinski definition) is 5. The quantitative estimate of drug-likeness (QED) is 0.740. The zero-order valence-corrected chi connectivity index (χ0v) is 16.9. The van der Waals surface area contributed by atoms with Crippen LogP contribution < -0.4 is 9.47 Å². The molecule has 0 aliphatic carbocycles. The van der Waals surface area contributed by atoms with Crippen molar-refractivity contribution in [2.24, 2.45) is 0 Å². The highest BCUT2D eigenvalue weighted by Crippen LogP contribution is 2.35. The molecule has 0 spiro atoms. The van der Waals surface area contributed by atoms with E-state index in [1.165, 1.54) is 30.4 Å². The van der Waals surface area contributed by atoms with Crippen molar-refractivity contribution in [3.63, 3.8) is 0 Å². The number of rotatable bonds is 7. The maximum absolute atomic E-state index is 5.58. The molecule has 0 N–H and O–H groups in total. The molecule has 1 atom stereocenters. The van der Waals surface area contributed by atoms with Crippen LogP contribution in [0.15, 0.2) is 36.5 Å². The molecule has 2 aromatic rings. The summed E-state index contributed by atoms with van der Waals surface area (Å²) >= 11 is 0. The van der Waals surface area contributed by atoms with Gasteiger partial charge in [0.15, 0.2) is 11.5 Å². The van der Waals surface area contributed by atoms with Gasteiger partial charge in [-0.05, 0) is 44.6 Å². The summed E-state index contributed by atoms with van der Waals surface area (Å²) in [6.07, 6.45) is 5.47. The van der Waals surface area contributed by atoms with E-state index >= 15 is 0 Å². The summed E-state index contributed by atoms with van der Waals surface area (Å²) in [4.78, 5) is 9.29. The predicted molar refractivity (Wildman–Crippen MR) is 108 cm³/mol. The molecule has 2 heterocycles. The number of pyridine rings is 1. The second-order valence-corrected chi connectivity index (χ2v) is 7.45. The summed E-state index contributed by atoms with van der Waals surface area (Å²) < 4.78 is 11.0. The molecule has 1 aromatic carbocycles. The molecular weight excluding hydrogens is 338 g/mol. The fourth-order valence-corrected chi connectivity index (χ4v) is 3.92. The third-order valence-electron chi connectivity index (χ3n) is 5.20. The predicted octanol–water partition coefficient (Wildman–Crippen LogP) is 3.89. The van der Waals surface area contributed by atoms with E-state index in [0.29, 0.717) is 6.04 Å². The van der Waals surface area contributed by atoms with Gasteiger partial charge in [-0.3, -0.25) is 9.88 Å². The van der Waals surface area contributed by atoms with Gasteiger partial charge in [0.2, 0.25) is 0 Å². The minimum absolute atomic E-state index is 0.421. The first-order chi connectivity index (χ1) is 13.1. The Balaban J connectivity index is 1.80. The van der Waals surface area contributed by atoms with Crippen LogP contribution in [0.2, 0.25) is 0 Å². The van der Waals surface area contributed by atoms with Crippen molar-refractivity contribution < 1.29 is 9.47 Å². The van der Waals surface area contributed by atoms with Gasteiger partial charge in [-0.2, -0.15) is 0 Å². The van der Waals surface area contributed by atoms with E-state index in [2.05, 4.69) is 53.1 Å². The first-order valence-corrected chi connectivity index (χ1v) is 9.66. The topological polar surface area (TPSA) is 37.8 Å². The molecule has 1 aliphatic rings. The number of aromatic nitrogens is 1. The number of likely N-dealkylation sites (tertiary alicyclic amines) is 1. The van der Waals surface area contributed by atoms with Crippen LogP contribution in [0.25, 0.3) is 0 Å². The molecule has 146 valence electrons. The molecule has 3 rings (SSSR count). The van der Waals surface area contributed by atoms with E-state index < -0.39 is 0 Å².